The van der Waals surface area contributed by atoms with Gasteiger partial charge in [-0.15, -0.1) is 0 Å². The molecule has 0 aliphatic rings. The Labute approximate surface area is 159 Å². The third-order valence-electron chi connectivity index (χ3n) is 4.60. The van der Waals surface area contributed by atoms with Gasteiger partial charge in [0.25, 0.3) is 0 Å². The topological polar surface area (TPSA) is 80.3 Å². The first kappa shape index (κ1) is 18.7. The number of rotatable bonds is 5. The first-order valence-electron chi connectivity index (χ1n) is 8.93. The number of aryl methyl sites for hydroxylation is 3. The predicted octanol–water partition coefficient (Wildman–Crippen LogP) is 2.87. The van der Waals surface area contributed by atoms with E-state index in [1.807, 2.05) is 42.9 Å². The van der Waals surface area contributed by atoms with Crippen LogP contribution in [-0.2, 0) is 20.1 Å². The van der Waals surface area contributed by atoms with E-state index in [4.69, 9.17) is 4.42 Å². The summed E-state index contributed by atoms with van der Waals surface area (Å²) in [7, 11) is 3.70. The zero-order valence-electron chi connectivity index (χ0n) is 16.5. The molecule has 2 aromatic heterocycles. The van der Waals surface area contributed by atoms with Crippen molar-refractivity contribution in [2.75, 3.05) is 7.05 Å². The van der Waals surface area contributed by atoms with Gasteiger partial charge in [0.2, 0.25) is 5.89 Å². The van der Waals surface area contributed by atoms with Crippen molar-refractivity contribution < 1.29 is 4.42 Å². The smallest absolute Gasteiger partial charge is 0.226 e. The lowest BCUT2D eigenvalue weighted by Crippen LogP contribution is -2.36. The second-order valence-corrected chi connectivity index (χ2v) is 6.56. The van der Waals surface area contributed by atoms with E-state index < -0.39 is 0 Å². The molecule has 2 heterocycles. The van der Waals surface area contributed by atoms with Crippen LogP contribution in [0, 0.1) is 20.8 Å². The molecule has 0 saturated heterocycles. The van der Waals surface area contributed by atoms with Crippen LogP contribution < -0.4 is 10.6 Å². The van der Waals surface area contributed by atoms with E-state index in [1.54, 1.807) is 13.3 Å². The maximum Gasteiger partial charge on any atom is 0.226 e. The number of hydrogen-bond acceptors (Lipinski definition) is 4. The fourth-order valence-corrected chi connectivity index (χ4v) is 2.86. The molecule has 142 valence electrons. The maximum atomic E-state index is 5.60. The van der Waals surface area contributed by atoms with Crippen molar-refractivity contribution in [2.24, 2.45) is 12.0 Å². The molecule has 7 heteroatoms. The molecule has 2 N–H and O–H groups in total. The molecule has 3 rings (SSSR count). The van der Waals surface area contributed by atoms with Gasteiger partial charge < -0.3 is 15.1 Å². The summed E-state index contributed by atoms with van der Waals surface area (Å²) in [6.07, 6.45) is 1.67. The largest absolute Gasteiger partial charge is 0.444 e. The standard InChI is InChI=1S/C20H26N6O/c1-13-6-8-16(9-7-13)19-24-17(12-27-19)10-22-20(21-4)23-11-18-14(2)25-26(5)15(18)3/h6-9,12H,10-11H2,1-5H3,(H2,21,22,23). The normalized spacial score (nSPS) is 11.7. The lowest BCUT2D eigenvalue weighted by Gasteiger charge is -2.11. The van der Waals surface area contributed by atoms with Crippen LogP contribution in [0.15, 0.2) is 39.9 Å². The van der Waals surface area contributed by atoms with E-state index >= 15 is 0 Å². The number of benzene rings is 1. The molecule has 1 aromatic carbocycles. The van der Waals surface area contributed by atoms with E-state index in [0.29, 0.717) is 24.9 Å². The van der Waals surface area contributed by atoms with Crippen LogP contribution in [0.1, 0.15) is 28.2 Å². The summed E-state index contributed by atoms with van der Waals surface area (Å²) >= 11 is 0. The monoisotopic (exact) mass is 366 g/mol. The van der Waals surface area contributed by atoms with Gasteiger partial charge >= 0.3 is 0 Å². The third-order valence-corrected chi connectivity index (χ3v) is 4.60. The van der Waals surface area contributed by atoms with Crippen molar-refractivity contribution in [3.8, 4) is 11.5 Å². The lowest BCUT2D eigenvalue weighted by atomic mass is 10.1. The fraction of sp³-hybridized carbons (Fsp3) is 0.350. The molecule has 0 aliphatic carbocycles. The SMILES string of the molecule is CN=C(NCc1coc(-c2ccc(C)cc2)n1)NCc1c(C)nn(C)c1C. The van der Waals surface area contributed by atoms with Gasteiger partial charge in [0.1, 0.15) is 6.26 Å². The van der Waals surface area contributed by atoms with Crippen molar-refractivity contribution >= 4 is 5.96 Å². The molecule has 3 aromatic rings. The Morgan fingerprint density at radius 3 is 2.44 bits per heavy atom. The quantitative estimate of drug-likeness (QED) is 0.536. The van der Waals surface area contributed by atoms with Gasteiger partial charge in [-0.1, -0.05) is 17.7 Å². The van der Waals surface area contributed by atoms with Crippen LogP contribution in [0.3, 0.4) is 0 Å². The number of oxazole rings is 1. The van der Waals surface area contributed by atoms with Gasteiger partial charge in [-0.3, -0.25) is 9.67 Å². The molecule has 7 nitrogen and oxygen atoms in total. The van der Waals surface area contributed by atoms with E-state index in [9.17, 15) is 0 Å². The zero-order chi connectivity index (χ0) is 19.4. The number of aromatic nitrogens is 3. The fourth-order valence-electron chi connectivity index (χ4n) is 2.86. The van der Waals surface area contributed by atoms with Crippen molar-refractivity contribution in [3.63, 3.8) is 0 Å². The van der Waals surface area contributed by atoms with Crippen molar-refractivity contribution in [2.45, 2.75) is 33.9 Å². The number of aliphatic imine (C=N–C) groups is 1. The van der Waals surface area contributed by atoms with Gasteiger partial charge in [0.05, 0.1) is 17.9 Å². The van der Waals surface area contributed by atoms with Crippen molar-refractivity contribution in [3.05, 3.63) is 58.7 Å². The summed E-state index contributed by atoms with van der Waals surface area (Å²) in [4.78, 5) is 8.81. The lowest BCUT2D eigenvalue weighted by molar-refractivity contribution is 0.572. The minimum Gasteiger partial charge on any atom is -0.444 e. The number of nitrogens with zero attached hydrogens (tertiary/aromatic N) is 4. The molecule has 27 heavy (non-hydrogen) atoms. The van der Waals surface area contributed by atoms with Crippen LogP contribution in [0.5, 0.6) is 0 Å². The second-order valence-electron chi connectivity index (χ2n) is 6.56. The molecular weight excluding hydrogens is 340 g/mol. The summed E-state index contributed by atoms with van der Waals surface area (Å²) in [6, 6.07) is 8.12. The van der Waals surface area contributed by atoms with Gasteiger partial charge in [-0.05, 0) is 32.9 Å². The van der Waals surface area contributed by atoms with Crippen LogP contribution in [0.4, 0.5) is 0 Å². The Kier molecular flexibility index (Phi) is 5.59. The van der Waals surface area contributed by atoms with Crippen LogP contribution in [-0.4, -0.2) is 27.8 Å². The van der Waals surface area contributed by atoms with Crippen molar-refractivity contribution in [1.82, 2.24) is 25.4 Å². The average Bonchev–Trinajstić information content (AvgIpc) is 3.22. The van der Waals surface area contributed by atoms with Gasteiger partial charge in [0.15, 0.2) is 5.96 Å². The maximum absolute atomic E-state index is 5.60. The molecule has 0 radical (unpaired) electrons. The average molecular weight is 366 g/mol. The molecule has 0 unspecified atom stereocenters. The number of nitrogens with one attached hydrogen (secondary N) is 2. The molecule has 0 bridgehead atoms. The molecule has 0 spiro atoms. The highest BCUT2D eigenvalue weighted by molar-refractivity contribution is 5.79. The first-order chi connectivity index (χ1) is 13.0. The summed E-state index contributed by atoms with van der Waals surface area (Å²) in [5.74, 6) is 1.33. The second kappa shape index (κ2) is 8.07. The number of hydrogen-bond donors (Lipinski definition) is 2. The Balaban J connectivity index is 1.57. The zero-order valence-corrected chi connectivity index (χ0v) is 16.5. The summed E-state index contributed by atoms with van der Waals surface area (Å²) in [6.45, 7) is 7.33. The first-order valence-corrected chi connectivity index (χ1v) is 8.93. The van der Waals surface area contributed by atoms with E-state index in [0.717, 1.165) is 22.6 Å². The van der Waals surface area contributed by atoms with Crippen LogP contribution in [0.25, 0.3) is 11.5 Å². The number of guanidine groups is 1. The van der Waals surface area contributed by atoms with Crippen molar-refractivity contribution in [1.29, 1.82) is 0 Å². The highest BCUT2D eigenvalue weighted by atomic mass is 16.3. The summed E-state index contributed by atoms with van der Waals surface area (Å²) in [5, 5.41) is 11.0. The highest BCUT2D eigenvalue weighted by Gasteiger charge is 2.11. The minimum absolute atomic E-state index is 0.528. The van der Waals surface area contributed by atoms with E-state index in [2.05, 4.69) is 39.6 Å². The van der Waals surface area contributed by atoms with Gasteiger partial charge in [-0.2, -0.15) is 5.10 Å². The minimum atomic E-state index is 0.528. The molecule has 0 aliphatic heterocycles. The van der Waals surface area contributed by atoms with Crippen LogP contribution in [0.2, 0.25) is 0 Å². The van der Waals surface area contributed by atoms with Crippen LogP contribution >= 0.6 is 0 Å². The Hall–Kier alpha value is -3.09. The Morgan fingerprint density at radius 1 is 1.11 bits per heavy atom. The van der Waals surface area contributed by atoms with E-state index in [1.165, 1.54) is 11.1 Å². The third kappa shape index (κ3) is 4.36. The van der Waals surface area contributed by atoms with E-state index in [-0.39, 0.29) is 0 Å². The summed E-state index contributed by atoms with van der Waals surface area (Å²) in [5.41, 5.74) is 6.36. The molecule has 0 saturated carbocycles. The summed E-state index contributed by atoms with van der Waals surface area (Å²) < 4.78 is 7.49. The molecule has 0 atom stereocenters. The Morgan fingerprint density at radius 2 is 1.81 bits per heavy atom. The van der Waals surface area contributed by atoms with Gasteiger partial charge in [0, 0.05) is 37.5 Å². The Bertz CT molecular complexity index is 936. The molecular formula is C20H26N6O. The molecule has 0 amide bonds. The highest BCUT2D eigenvalue weighted by Crippen LogP contribution is 2.19. The molecule has 0 fully saturated rings. The predicted molar refractivity (Wildman–Crippen MR) is 106 cm³/mol. The van der Waals surface area contributed by atoms with Gasteiger partial charge in [-0.25, -0.2) is 4.98 Å².